The molecule has 15 heavy (non-hydrogen) atoms. The number of hydrogen-bond donors (Lipinski definition) is 3. The lowest BCUT2D eigenvalue weighted by Gasteiger charge is -2.03. The van der Waals surface area contributed by atoms with Crippen LogP contribution >= 0.6 is 0 Å². The maximum absolute atomic E-state index is 10.6. The van der Waals surface area contributed by atoms with Gasteiger partial charge in [0.1, 0.15) is 0 Å². The van der Waals surface area contributed by atoms with Crippen molar-refractivity contribution in [3.63, 3.8) is 0 Å². The number of carbonyl (C=O) groups excluding carboxylic acids is 1. The van der Waals surface area contributed by atoms with E-state index in [1.807, 2.05) is 18.2 Å². The van der Waals surface area contributed by atoms with Gasteiger partial charge in [0.25, 0.3) is 0 Å². The molecule has 0 aliphatic heterocycles. The molecule has 4 heteroatoms. The molecule has 0 aliphatic carbocycles. The van der Waals surface area contributed by atoms with E-state index in [-0.39, 0.29) is 0 Å². The smallest absolute Gasteiger partial charge is 0.336 e. The van der Waals surface area contributed by atoms with Crippen LogP contribution in [0, 0.1) is 0 Å². The molecule has 0 saturated heterocycles. The zero-order valence-corrected chi connectivity index (χ0v) is 8.57. The molecule has 0 radical (unpaired) electrons. The lowest BCUT2D eigenvalue weighted by Crippen LogP contribution is -2.33. The number of rotatable bonds is 5. The molecule has 0 aliphatic rings. The van der Waals surface area contributed by atoms with Gasteiger partial charge >= 0.3 is 6.03 Å². The highest BCUT2D eigenvalue weighted by Crippen LogP contribution is 2.03. The standard InChI is InChI=1S/C11H16N2O2/c14-11(13-15)12-9-5-4-8-10-6-2-1-3-7-10/h1-3,6-7,15H,4-5,8-9H2,(H2,12,13,14). The maximum atomic E-state index is 10.6. The third-order valence-electron chi connectivity index (χ3n) is 2.12. The Labute approximate surface area is 89.3 Å². The molecule has 4 nitrogen and oxygen atoms in total. The van der Waals surface area contributed by atoms with Crippen LogP contribution in [0.25, 0.3) is 0 Å². The van der Waals surface area contributed by atoms with Gasteiger partial charge in [0.2, 0.25) is 0 Å². The molecule has 1 rings (SSSR count). The molecule has 0 fully saturated rings. The fourth-order valence-electron chi connectivity index (χ4n) is 1.34. The minimum atomic E-state index is -0.547. The Bertz CT molecular complexity index is 288. The first-order valence-electron chi connectivity index (χ1n) is 5.05. The van der Waals surface area contributed by atoms with Gasteiger partial charge in [-0.15, -0.1) is 0 Å². The van der Waals surface area contributed by atoms with E-state index in [1.165, 1.54) is 11.0 Å². The van der Waals surface area contributed by atoms with Crippen LogP contribution in [0.3, 0.4) is 0 Å². The van der Waals surface area contributed by atoms with E-state index in [1.54, 1.807) is 0 Å². The summed E-state index contributed by atoms with van der Waals surface area (Å²) in [7, 11) is 0. The summed E-state index contributed by atoms with van der Waals surface area (Å²) in [5.41, 5.74) is 2.83. The number of carbonyl (C=O) groups is 1. The fraction of sp³-hybridized carbons (Fsp3) is 0.364. The first-order chi connectivity index (χ1) is 7.33. The Hall–Kier alpha value is -1.55. The Morgan fingerprint density at radius 1 is 1.20 bits per heavy atom. The van der Waals surface area contributed by atoms with Crippen LogP contribution in [0.1, 0.15) is 18.4 Å². The monoisotopic (exact) mass is 208 g/mol. The number of urea groups is 1. The first kappa shape index (κ1) is 11.5. The highest BCUT2D eigenvalue weighted by molar-refractivity contribution is 5.72. The predicted octanol–water partition coefficient (Wildman–Crippen LogP) is 1.70. The van der Waals surface area contributed by atoms with Gasteiger partial charge < -0.3 is 5.32 Å². The molecule has 0 spiro atoms. The van der Waals surface area contributed by atoms with Crippen molar-refractivity contribution in [2.45, 2.75) is 19.3 Å². The summed E-state index contributed by atoms with van der Waals surface area (Å²) in [6.07, 6.45) is 2.95. The maximum Gasteiger partial charge on any atom is 0.338 e. The van der Waals surface area contributed by atoms with E-state index >= 15 is 0 Å². The third-order valence-corrected chi connectivity index (χ3v) is 2.12. The van der Waals surface area contributed by atoms with Gasteiger partial charge in [0.15, 0.2) is 0 Å². The number of nitrogens with one attached hydrogen (secondary N) is 2. The molecule has 0 unspecified atom stereocenters. The van der Waals surface area contributed by atoms with Crippen LogP contribution in [0.2, 0.25) is 0 Å². The summed E-state index contributed by atoms with van der Waals surface area (Å²) in [5.74, 6) is 0. The Kier molecular flexibility index (Phi) is 5.25. The van der Waals surface area contributed by atoms with Gasteiger partial charge in [-0.1, -0.05) is 30.3 Å². The summed E-state index contributed by atoms with van der Waals surface area (Å²) < 4.78 is 0. The SMILES string of the molecule is O=C(NO)NCCCCc1ccccc1. The molecule has 1 aromatic rings. The summed E-state index contributed by atoms with van der Waals surface area (Å²) >= 11 is 0. The predicted molar refractivity (Wildman–Crippen MR) is 57.7 cm³/mol. The lowest BCUT2D eigenvalue weighted by molar-refractivity contribution is 0.161. The van der Waals surface area contributed by atoms with Crippen molar-refractivity contribution in [2.75, 3.05) is 6.54 Å². The summed E-state index contributed by atoms with van der Waals surface area (Å²) in [5, 5.41) is 10.7. The second kappa shape index (κ2) is 6.84. The third kappa shape index (κ3) is 5.02. The molecule has 0 saturated carbocycles. The van der Waals surface area contributed by atoms with Gasteiger partial charge in [-0.3, -0.25) is 5.21 Å². The van der Waals surface area contributed by atoms with E-state index in [9.17, 15) is 4.79 Å². The highest BCUT2D eigenvalue weighted by atomic mass is 16.5. The van der Waals surface area contributed by atoms with Crippen molar-refractivity contribution in [3.8, 4) is 0 Å². The lowest BCUT2D eigenvalue weighted by atomic mass is 10.1. The van der Waals surface area contributed by atoms with Crippen molar-refractivity contribution in [1.29, 1.82) is 0 Å². The summed E-state index contributed by atoms with van der Waals surface area (Å²) in [6.45, 7) is 0.583. The minimum Gasteiger partial charge on any atom is -0.336 e. The average Bonchev–Trinajstić information content (AvgIpc) is 2.29. The van der Waals surface area contributed by atoms with Crippen molar-refractivity contribution >= 4 is 6.03 Å². The van der Waals surface area contributed by atoms with Crippen LogP contribution < -0.4 is 10.8 Å². The van der Waals surface area contributed by atoms with E-state index in [4.69, 9.17) is 5.21 Å². The van der Waals surface area contributed by atoms with E-state index < -0.39 is 6.03 Å². The number of unbranched alkanes of at least 4 members (excludes halogenated alkanes) is 1. The van der Waals surface area contributed by atoms with Gasteiger partial charge in [0, 0.05) is 6.54 Å². The summed E-state index contributed by atoms with van der Waals surface area (Å²) in [4.78, 5) is 10.6. The second-order valence-electron chi connectivity index (χ2n) is 3.31. The van der Waals surface area contributed by atoms with Crippen molar-refractivity contribution in [3.05, 3.63) is 35.9 Å². The molecule has 0 bridgehead atoms. The number of aryl methyl sites for hydroxylation is 1. The van der Waals surface area contributed by atoms with E-state index in [0.717, 1.165) is 19.3 Å². The van der Waals surface area contributed by atoms with Crippen molar-refractivity contribution in [2.24, 2.45) is 0 Å². The molecule has 0 heterocycles. The summed E-state index contributed by atoms with van der Waals surface area (Å²) in [6, 6.07) is 9.67. The molecule has 2 amide bonds. The van der Waals surface area contributed by atoms with E-state index in [0.29, 0.717) is 6.54 Å². The average molecular weight is 208 g/mol. The number of amides is 2. The Morgan fingerprint density at radius 3 is 2.60 bits per heavy atom. The topological polar surface area (TPSA) is 61.4 Å². The van der Waals surface area contributed by atoms with Crippen LogP contribution in [0.5, 0.6) is 0 Å². The van der Waals surface area contributed by atoms with Crippen molar-refractivity contribution < 1.29 is 10.0 Å². The first-order valence-corrected chi connectivity index (χ1v) is 5.05. The fourth-order valence-corrected chi connectivity index (χ4v) is 1.34. The second-order valence-corrected chi connectivity index (χ2v) is 3.31. The molecule has 82 valence electrons. The van der Waals surface area contributed by atoms with Crippen molar-refractivity contribution in [1.82, 2.24) is 10.8 Å². The number of benzene rings is 1. The van der Waals surface area contributed by atoms with Gasteiger partial charge in [-0.25, -0.2) is 10.3 Å². The van der Waals surface area contributed by atoms with Crippen LogP contribution in [0.15, 0.2) is 30.3 Å². The molecule has 3 N–H and O–H groups in total. The highest BCUT2D eigenvalue weighted by Gasteiger charge is 1.96. The molecular formula is C11H16N2O2. The molecule has 0 atom stereocenters. The zero-order chi connectivity index (χ0) is 10.9. The normalized spacial score (nSPS) is 9.67. The van der Waals surface area contributed by atoms with Crippen LogP contribution in [-0.4, -0.2) is 17.8 Å². The minimum absolute atomic E-state index is 0.547. The Morgan fingerprint density at radius 2 is 1.93 bits per heavy atom. The quantitative estimate of drug-likeness (QED) is 0.392. The zero-order valence-electron chi connectivity index (χ0n) is 8.57. The molecule has 1 aromatic carbocycles. The van der Waals surface area contributed by atoms with Gasteiger partial charge in [0.05, 0.1) is 0 Å². The van der Waals surface area contributed by atoms with Crippen LogP contribution in [0.4, 0.5) is 4.79 Å². The van der Waals surface area contributed by atoms with Gasteiger partial charge in [-0.05, 0) is 24.8 Å². The van der Waals surface area contributed by atoms with Crippen LogP contribution in [-0.2, 0) is 6.42 Å². The molecule has 0 aromatic heterocycles. The Balaban J connectivity index is 2.05. The van der Waals surface area contributed by atoms with Gasteiger partial charge in [-0.2, -0.15) is 0 Å². The largest absolute Gasteiger partial charge is 0.338 e. The van der Waals surface area contributed by atoms with E-state index in [2.05, 4.69) is 17.4 Å². The number of hydrogen-bond acceptors (Lipinski definition) is 2. The molecular weight excluding hydrogens is 192 g/mol. The number of hydroxylamine groups is 1.